The Kier molecular flexibility index (Phi) is 5.51. The molecule has 0 unspecified atom stereocenters. The molecule has 4 rings (SSSR count). The summed E-state index contributed by atoms with van der Waals surface area (Å²) >= 11 is 0. The molecule has 0 aliphatic heterocycles. The lowest BCUT2D eigenvalue weighted by atomic mass is 10.0. The van der Waals surface area contributed by atoms with Crippen LogP contribution in [0.2, 0.25) is 0 Å². The van der Waals surface area contributed by atoms with Crippen LogP contribution in [0.5, 0.6) is 5.75 Å². The number of sulfone groups is 1. The van der Waals surface area contributed by atoms with Crippen molar-refractivity contribution in [2.45, 2.75) is 22.6 Å². The van der Waals surface area contributed by atoms with Gasteiger partial charge in [-0.05, 0) is 36.2 Å². The van der Waals surface area contributed by atoms with Crippen LogP contribution in [0.25, 0.3) is 5.78 Å². The van der Waals surface area contributed by atoms with Gasteiger partial charge in [-0.25, -0.2) is 22.8 Å². The van der Waals surface area contributed by atoms with Gasteiger partial charge in [-0.1, -0.05) is 12.1 Å². The number of hydrogen-bond donors (Lipinski definition) is 0. The molecule has 0 fully saturated rings. The molecule has 158 valence electrons. The summed E-state index contributed by atoms with van der Waals surface area (Å²) in [6.07, 6.45) is 7.20. The van der Waals surface area contributed by atoms with Crippen LogP contribution >= 0.6 is 0 Å². The molecule has 0 amide bonds. The Balaban J connectivity index is 1.48. The van der Waals surface area contributed by atoms with Crippen molar-refractivity contribution in [1.29, 1.82) is 0 Å². The zero-order valence-electron chi connectivity index (χ0n) is 16.5. The number of ether oxygens (including phenoxy) is 1. The normalized spacial score (nSPS) is 11.5. The molecule has 0 N–H and O–H groups in total. The summed E-state index contributed by atoms with van der Waals surface area (Å²) in [5, 5.41) is 0. The molecule has 0 aliphatic rings. The van der Waals surface area contributed by atoms with Crippen LogP contribution in [-0.2, 0) is 16.3 Å². The van der Waals surface area contributed by atoms with E-state index in [1.165, 1.54) is 31.5 Å². The second-order valence-corrected chi connectivity index (χ2v) is 8.76. The Morgan fingerprint density at radius 2 is 1.90 bits per heavy atom. The van der Waals surface area contributed by atoms with Crippen molar-refractivity contribution in [2.24, 2.45) is 0 Å². The summed E-state index contributed by atoms with van der Waals surface area (Å²) in [4.78, 5) is 20.6. The number of ketones is 1. The summed E-state index contributed by atoms with van der Waals surface area (Å²) in [6.45, 7) is 0. The number of rotatable bonds is 7. The number of nitrogens with zero attached hydrogens (tertiary/aromatic N) is 3. The molecule has 0 spiro atoms. The summed E-state index contributed by atoms with van der Waals surface area (Å²) < 4.78 is 45.9. The standard InChI is InChI=1S/C22H18FN3O4S/c1-30-20-12-17(23)5-9-21(20)31(28,29)18-6-2-15(3-7-18)4-8-19(27)16-13-25-22-24-10-11-26(22)14-16/h2-3,5-7,9-14H,4,8H2,1H3. The molecule has 0 radical (unpaired) electrons. The number of methoxy groups -OCH3 is 1. The largest absolute Gasteiger partial charge is 0.495 e. The maximum atomic E-state index is 13.4. The lowest BCUT2D eigenvalue weighted by Crippen LogP contribution is -2.06. The predicted octanol–water partition coefficient (Wildman–Crippen LogP) is 3.53. The fourth-order valence-corrected chi connectivity index (χ4v) is 4.59. The molecular weight excluding hydrogens is 421 g/mol. The molecule has 2 aromatic carbocycles. The number of halogens is 1. The third-order valence-corrected chi connectivity index (χ3v) is 6.67. The van der Waals surface area contributed by atoms with E-state index in [4.69, 9.17) is 4.74 Å². The van der Waals surface area contributed by atoms with Crippen LogP contribution in [0, 0.1) is 5.82 Å². The first-order chi connectivity index (χ1) is 14.9. The quantitative estimate of drug-likeness (QED) is 0.323. The van der Waals surface area contributed by atoms with Gasteiger partial charge in [-0.2, -0.15) is 0 Å². The fourth-order valence-electron chi connectivity index (χ4n) is 3.19. The average molecular weight is 439 g/mol. The van der Waals surface area contributed by atoms with E-state index < -0.39 is 15.7 Å². The first kappa shape index (κ1) is 20.7. The van der Waals surface area contributed by atoms with Crippen molar-refractivity contribution in [1.82, 2.24) is 14.4 Å². The number of imidazole rings is 1. The summed E-state index contributed by atoms with van der Waals surface area (Å²) in [5.41, 5.74) is 1.29. The number of carbonyl (C=O) groups is 1. The van der Waals surface area contributed by atoms with Gasteiger partial charge < -0.3 is 4.74 Å². The third kappa shape index (κ3) is 4.17. The molecule has 9 heteroatoms. The highest BCUT2D eigenvalue weighted by Gasteiger charge is 2.22. The van der Waals surface area contributed by atoms with E-state index in [0.29, 0.717) is 17.8 Å². The maximum absolute atomic E-state index is 13.4. The minimum atomic E-state index is -3.88. The van der Waals surface area contributed by atoms with E-state index in [9.17, 15) is 17.6 Å². The van der Waals surface area contributed by atoms with Crippen LogP contribution < -0.4 is 4.74 Å². The van der Waals surface area contributed by atoms with Crippen molar-refractivity contribution in [3.05, 3.63) is 84.2 Å². The van der Waals surface area contributed by atoms with Crippen LogP contribution in [0.3, 0.4) is 0 Å². The van der Waals surface area contributed by atoms with Crippen LogP contribution in [0.1, 0.15) is 22.3 Å². The highest BCUT2D eigenvalue weighted by molar-refractivity contribution is 7.91. The molecule has 2 aromatic heterocycles. The van der Waals surface area contributed by atoms with Gasteiger partial charge >= 0.3 is 0 Å². The molecule has 0 saturated carbocycles. The Bertz CT molecular complexity index is 1370. The van der Waals surface area contributed by atoms with Crippen LogP contribution in [0.4, 0.5) is 4.39 Å². The molecule has 0 saturated heterocycles. The molecule has 0 atom stereocenters. The molecular formula is C22H18FN3O4S. The van der Waals surface area contributed by atoms with E-state index in [-0.39, 0.29) is 27.7 Å². The van der Waals surface area contributed by atoms with Crippen molar-refractivity contribution in [3.63, 3.8) is 0 Å². The lowest BCUT2D eigenvalue weighted by Gasteiger charge is -2.10. The number of aryl methyl sites for hydroxylation is 1. The zero-order chi connectivity index (χ0) is 22.0. The molecule has 0 bridgehead atoms. The number of Topliss-reactive ketones (excluding diaryl/α,β-unsaturated/α-hetero) is 1. The highest BCUT2D eigenvalue weighted by atomic mass is 32.2. The topological polar surface area (TPSA) is 90.6 Å². The van der Waals surface area contributed by atoms with Gasteiger partial charge in [0.2, 0.25) is 15.6 Å². The Hall–Kier alpha value is -3.59. The zero-order valence-corrected chi connectivity index (χ0v) is 17.3. The van der Waals surface area contributed by atoms with Crippen molar-refractivity contribution in [3.8, 4) is 5.75 Å². The van der Waals surface area contributed by atoms with E-state index in [1.807, 2.05) is 0 Å². The Morgan fingerprint density at radius 3 is 2.65 bits per heavy atom. The molecule has 31 heavy (non-hydrogen) atoms. The maximum Gasteiger partial charge on any atom is 0.233 e. The van der Waals surface area contributed by atoms with E-state index in [0.717, 1.165) is 17.7 Å². The van der Waals surface area contributed by atoms with Gasteiger partial charge in [0, 0.05) is 37.3 Å². The minimum Gasteiger partial charge on any atom is -0.495 e. The number of benzene rings is 2. The number of carbonyl (C=O) groups excluding carboxylic acids is 1. The fraction of sp³-hybridized carbons (Fsp3) is 0.136. The van der Waals surface area contributed by atoms with E-state index >= 15 is 0 Å². The lowest BCUT2D eigenvalue weighted by molar-refractivity contribution is 0.0982. The summed E-state index contributed by atoms with van der Waals surface area (Å²) in [6, 6.07) is 9.55. The monoisotopic (exact) mass is 439 g/mol. The van der Waals surface area contributed by atoms with E-state index in [1.54, 1.807) is 35.1 Å². The van der Waals surface area contributed by atoms with E-state index in [2.05, 4.69) is 9.97 Å². The first-order valence-electron chi connectivity index (χ1n) is 9.38. The van der Waals surface area contributed by atoms with Gasteiger partial charge in [-0.3, -0.25) is 9.20 Å². The van der Waals surface area contributed by atoms with Crippen molar-refractivity contribution >= 4 is 21.4 Å². The third-order valence-electron chi connectivity index (χ3n) is 4.86. The van der Waals surface area contributed by atoms with Gasteiger partial charge in [0.05, 0.1) is 17.6 Å². The Labute approximate surface area is 178 Å². The second-order valence-electron chi connectivity index (χ2n) is 6.84. The minimum absolute atomic E-state index is 0.0573. The van der Waals surface area contributed by atoms with Gasteiger partial charge in [0.15, 0.2) is 5.78 Å². The molecule has 4 aromatic rings. The number of aromatic nitrogens is 3. The highest BCUT2D eigenvalue weighted by Crippen LogP contribution is 2.30. The number of hydrogen-bond acceptors (Lipinski definition) is 6. The number of fused-ring (bicyclic) bond motifs is 1. The van der Waals surface area contributed by atoms with Gasteiger partial charge in [-0.15, -0.1) is 0 Å². The van der Waals surface area contributed by atoms with Gasteiger partial charge in [0.25, 0.3) is 0 Å². The predicted molar refractivity (Wildman–Crippen MR) is 110 cm³/mol. The summed E-state index contributed by atoms with van der Waals surface area (Å²) in [7, 11) is -2.59. The van der Waals surface area contributed by atoms with Crippen LogP contribution in [-0.4, -0.2) is 35.7 Å². The second kappa shape index (κ2) is 8.27. The van der Waals surface area contributed by atoms with Crippen molar-refractivity contribution in [2.75, 3.05) is 7.11 Å². The molecule has 2 heterocycles. The van der Waals surface area contributed by atoms with Gasteiger partial charge in [0.1, 0.15) is 16.5 Å². The SMILES string of the molecule is COc1cc(F)ccc1S(=O)(=O)c1ccc(CCC(=O)c2cnc3nccn3c2)cc1. The average Bonchev–Trinajstić information content (AvgIpc) is 3.25. The molecule has 0 aliphatic carbocycles. The smallest absolute Gasteiger partial charge is 0.233 e. The van der Waals surface area contributed by atoms with Crippen molar-refractivity contribution < 1.29 is 22.3 Å². The summed E-state index contributed by atoms with van der Waals surface area (Å²) in [5.74, 6) is -0.196. The molecule has 7 nitrogen and oxygen atoms in total. The first-order valence-corrected chi connectivity index (χ1v) is 10.9. The van der Waals surface area contributed by atoms with Crippen LogP contribution in [0.15, 0.2) is 77.0 Å². The Morgan fingerprint density at radius 1 is 1.13 bits per heavy atom.